The third-order valence-corrected chi connectivity index (χ3v) is 4.84. The minimum atomic E-state index is 0.0439. The summed E-state index contributed by atoms with van der Waals surface area (Å²) < 4.78 is 1.05. The van der Waals surface area contributed by atoms with E-state index in [1.807, 2.05) is 38.2 Å². The van der Waals surface area contributed by atoms with Gasteiger partial charge in [0.15, 0.2) is 0 Å². The molecule has 2 N–H and O–H groups in total. The summed E-state index contributed by atoms with van der Waals surface area (Å²) >= 11 is 3.43. The fraction of sp³-hybridized carbons (Fsp3) is 0.588. The van der Waals surface area contributed by atoms with E-state index in [2.05, 4.69) is 31.5 Å². The molecular formula is C17H26BrN3O. The Hall–Kier alpha value is -0.910. The maximum atomic E-state index is 12.2. The Morgan fingerprint density at radius 1 is 1.32 bits per heavy atom. The highest BCUT2D eigenvalue weighted by Gasteiger charge is 2.20. The van der Waals surface area contributed by atoms with E-state index in [4.69, 9.17) is 0 Å². The number of halogens is 1. The van der Waals surface area contributed by atoms with Crippen LogP contribution in [0, 0.1) is 5.92 Å². The van der Waals surface area contributed by atoms with Gasteiger partial charge < -0.3 is 10.6 Å². The first-order valence-corrected chi connectivity index (χ1v) is 8.79. The summed E-state index contributed by atoms with van der Waals surface area (Å²) in [6.45, 7) is 5.66. The van der Waals surface area contributed by atoms with Crippen LogP contribution in [-0.2, 0) is 4.79 Å². The van der Waals surface area contributed by atoms with Crippen molar-refractivity contribution in [3.8, 4) is 0 Å². The van der Waals surface area contributed by atoms with Crippen LogP contribution in [0.15, 0.2) is 28.7 Å². The monoisotopic (exact) mass is 367 g/mol. The molecule has 1 atom stereocenters. The van der Waals surface area contributed by atoms with E-state index in [0.717, 1.165) is 35.6 Å². The van der Waals surface area contributed by atoms with Gasteiger partial charge in [-0.3, -0.25) is 9.69 Å². The molecule has 1 amide bonds. The summed E-state index contributed by atoms with van der Waals surface area (Å²) in [6, 6.07) is 8.13. The number of rotatable bonds is 6. The van der Waals surface area contributed by atoms with Crippen molar-refractivity contribution in [3.63, 3.8) is 0 Å². The first kappa shape index (κ1) is 17.4. The molecule has 0 bridgehead atoms. The summed E-state index contributed by atoms with van der Waals surface area (Å²) in [7, 11) is 2.00. The highest BCUT2D eigenvalue weighted by atomic mass is 79.9. The molecule has 4 nitrogen and oxygen atoms in total. The van der Waals surface area contributed by atoms with E-state index in [0.29, 0.717) is 6.54 Å². The molecule has 1 aliphatic rings. The van der Waals surface area contributed by atoms with Crippen LogP contribution in [0.25, 0.3) is 0 Å². The summed E-state index contributed by atoms with van der Waals surface area (Å²) in [6.07, 6.45) is 2.35. The number of likely N-dealkylation sites (tertiary alicyclic amines) is 1. The second-order valence-electron chi connectivity index (χ2n) is 6.12. The normalized spacial score (nSPS) is 18.1. The van der Waals surface area contributed by atoms with Gasteiger partial charge in [0.2, 0.25) is 5.91 Å². The minimum Gasteiger partial charge on any atom is -0.348 e. The maximum absolute atomic E-state index is 12.2. The van der Waals surface area contributed by atoms with Crippen molar-refractivity contribution in [1.29, 1.82) is 0 Å². The number of hydrogen-bond donors (Lipinski definition) is 2. The van der Waals surface area contributed by atoms with Crippen LogP contribution in [0.2, 0.25) is 0 Å². The van der Waals surface area contributed by atoms with E-state index in [-0.39, 0.29) is 11.9 Å². The molecule has 5 heteroatoms. The van der Waals surface area contributed by atoms with Crippen molar-refractivity contribution in [1.82, 2.24) is 15.5 Å². The van der Waals surface area contributed by atoms with E-state index >= 15 is 0 Å². The number of carbonyl (C=O) groups is 1. The largest absolute Gasteiger partial charge is 0.348 e. The topological polar surface area (TPSA) is 44.4 Å². The zero-order valence-electron chi connectivity index (χ0n) is 13.4. The Bertz CT molecular complexity index is 469. The highest BCUT2D eigenvalue weighted by molar-refractivity contribution is 9.10. The molecule has 0 spiro atoms. The van der Waals surface area contributed by atoms with Crippen molar-refractivity contribution < 1.29 is 4.79 Å². The molecular weight excluding hydrogens is 342 g/mol. The van der Waals surface area contributed by atoms with Crippen molar-refractivity contribution in [2.75, 3.05) is 33.2 Å². The first-order valence-electron chi connectivity index (χ1n) is 8.00. The van der Waals surface area contributed by atoms with Gasteiger partial charge in [0.25, 0.3) is 0 Å². The number of hydrogen-bond acceptors (Lipinski definition) is 3. The van der Waals surface area contributed by atoms with Gasteiger partial charge in [0.05, 0.1) is 12.6 Å². The fourth-order valence-electron chi connectivity index (χ4n) is 2.96. The number of nitrogens with zero attached hydrogens (tertiary/aromatic N) is 1. The van der Waals surface area contributed by atoms with Crippen LogP contribution < -0.4 is 10.6 Å². The number of amides is 1. The number of nitrogens with one attached hydrogen (secondary N) is 2. The van der Waals surface area contributed by atoms with E-state index < -0.39 is 0 Å². The Morgan fingerprint density at radius 2 is 1.95 bits per heavy atom. The van der Waals surface area contributed by atoms with Gasteiger partial charge in [-0.25, -0.2) is 0 Å². The van der Waals surface area contributed by atoms with Crippen molar-refractivity contribution >= 4 is 21.8 Å². The van der Waals surface area contributed by atoms with Crippen LogP contribution >= 0.6 is 15.9 Å². The van der Waals surface area contributed by atoms with Gasteiger partial charge >= 0.3 is 0 Å². The Kier molecular flexibility index (Phi) is 6.86. The lowest BCUT2D eigenvalue weighted by Crippen LogP contribution is -2.43. The van der Waals surface area contributed by atoms with Crippen LogP contribution in [0.5, 0.6) is 0 Å². The molecule has 1 aromatic rings. The molecule has 0 saturated carbocycles. The van der Waals surface area contributed by atoms with Crippen molar-refractivity contribution in [2.24, 2.45) is 5.92 Å². The molecule has 1 unspecified atom stereocenters. The molecule has 1 aromatic carbocycles. The highest BCUT2D eigenvalue weighted by Crippen LogP contribution is 2.18. The predicted octanol–water partition coefficient (Wildman–Crippen LogP) is 2.56. The number of piperidine rings is 1. The molecule has 2 rings (SSSR count). The van der Waals surface area contributed by atoms with Crippen molar-refractivity contribution in [3.05, 3.63) is 34.3 Å². The Morgan fingerprint density at radius 3 is 2.55 bits per heavy atom. The molecule has 1 fully saturated rings. The lowest BCUT2D eigenvalue weighted by Gasteiger charge is -2.31. The van der Waals surface area contributed by atoms with Gasteiger partial charge in [0, 0.05) is 4.47 Å². The second kappa shape index (κ2) is 8.65. The van der Waals surface area contributed by atoms with Crippen molar-refractivity contribution in [2.45, 2.75) is 25.8 Å². The summed E-state index contributed by atoms with van der Waals surface area (Å²) in [5.41, 5.74) is 1.13. The summed E-state index contributed by atoms with van der Waals surface area (Å²) in [5, 5.41) is 6.33. The Labute approximate surface area is 141 Å². The first-order chi connectivity index (χ1) is 10.6. The van der Waals surface area contributed by atoms with Crippen LogP contribution in [0.4, 0.5) is 0 Å². The van der Waals surface area contributed by atoms with Crippen LogP contribution in [0.1, 0.15) is 31.4 Å². The molecule has 22 heavy (non-hydrogen) atoms. The maximum Gasteiger partial charge on any atom is 0.234 e. The zero-order chi connectivity index (χ0) is 15.9. The van der Waals surface area contributed by atoms with Gasteiger partial charge in [-0.15, -0.1) is 0 Å². The lowest BCUT2D eigenvalue weighted by atomic mass is 9.97. The zero-order valence-corrected chi connectivity index (χ0v) is 15.0. The molecule has 0 aliphatic carbocycles. The molecule has 0 radical (unpaired) electrons. The standard InChI is InChI=1S/C17H26BrN3O/c1-13(15-3-5-16(18)6-4-15)20-17(22)12-21-9-7-14(8-10-21)11-19-2/h3-6,13-14,19H,7-12H2,1-2H3,(H,20,22). The van der Waals surface area contributed by atoms with E-state index in [1.165, 1.54) is 12.8 Å². The van der Waals surface area contributed by atoms with Gasteiger partial charge in [-0.05, 0) is 70.1 Å². The van der Waals surface area contributed by atoms with Crippen LogP contribution in [0.3, 0.4) is 0 Å². The van der Waals surface area contributed by atoms with Gasteiger partial charge in [-0.2, -0.15) is 0 Å². The average Bonchev–Trinajstić information content (AvgIpc) is 2.50. The van der Waals surface area contributed by atoms with E-state index in [1.54, 1.807) is 0 Å². The lowest BCUT2D eigenvalue weighted by molar-refractivity contribution is -0.123. The second-order valence-corrected chi connectivity index (χ2v) is 7.03. The quantitative estimate of drug-likeness (QED) is 0.811. The smallest absolute Gasteiger partial charge is 0.234 e. The Balaban J connectivity index is 1.75. The third kappa shape index (κ3) is 5.38. The van der Waals surface area contributed by atoms with E-state index in [9.17, 15) is 4.79 Å². The molecule has 1 heterocycles. The molecule has 1 aliphatic heterocycles. The SMILES string of the molecule is CNCC1CCN(CC(=O)NC(C)c2ccc(Br)cc2)CC1. The molecule has 0 aromatic heterocycles. The molecule has 1 saturated heterocycles. The fourth-order valence-corrected chi connectivity index (χ4v) is 3.23. The third-order valence-electron chi connectivity index (χ3n) is 4.31. The minimum absolute atomic E-state index is 0.0439. The van der Waals surface area contributed by atoms with Crippen LogP contribution in [-0.4, -0.2) is 44.0 Å². The number of benzene rings is 1. The summed E-state index contributed by atoms with van der Waals surface area (Å²) in [4.78, 5) is 14.5. The molecule has 122 valence electrons. The van der Waals surface area contributed by atoms with Gasteiger partial charge in [0.1, 0.15) is 0 Å². The van der Waals surface area contributed by atoms with Gasteiger partial charge in [-0.1, -0.05) is 28.1 Å². The number of carbonyl (C=O) groups excluding carboxylic acids is 1. The average molecular weight is 368 g/mol. The predicted molar refractivity (Wildman–Crippen MR) is 93.8 cm³/mol. The summed E-state index contributed by atoms with van der Waals surface area (Å²) in [5.74, 6) is 0.869.